The Hall–Kier alpha value is -3.35. The summed E-state index contributed by atoms with van der Waals surface area (Å²) in [5.41, 5.74) is 4.67. The van der Waals surface area contributed by atoms with E-state index in [1.54, 1.807) is 0 Å². The van der Waals surface area contributed by atoms with Crippen LogP contribution in [0.25, 0.3) is 11.1 Å². The first kappa shape index (κ1) is 22.8. The number of benzene rings is 2. The monoisotopic (exact) mass is 450 g/mol. The fraction of sp³-hybridized carbons (Fsp3) is 0.423. The Morgan fingerprint density at radius 1 is 1.03 bits per heavy atom. The number of nitrogens with one attached hydrogen (secondary N) is 1. The van der Waals surface area contributed by atoms with Crippen LogP contribution in [0, 0.1) is 5.92 Å². The molecule has 0 aliphatic heterocycles. The van der Waals surface area contributed by atoms with Crippen molar-refractivity contribution in [2.24, 2.45) is 5.92 Å². The molecule has 0 unspecified atom stereocenters. The van der Waals surface area contributed by atoms with E-state index in [1.807, 2.05) is 38.1 Å². The van der Waals surface area contributed by atoms with Crippen molar-refractivity contribution in [2.75, 3.05) is 13.2 Å². The van der Waals surface area contributed by atoms with Crippen LogP contribution in [0.2, 0.25) is 0 Å². The van der Waals surface area contributed by atoms with E-state index in [4.69, 9.17) is 9.84 Å². The Bertz CT molecular complexity index is 1000. The number of fused-ring (bicyclic) bond motifs is 3. The molecule has 1 fully saturated rings. The van der Waals surface area contributed by atoms with Gasteiger partial charge in [0.15, 0.2) is 0 Å². The smallest absolute Gasteiger partial charge is 0.407 e. The summed E-state index contributed by atoms with van der Waals surface area (Å²) in [6.07, 6.45) is 1.29. The summed E-state index contributed by atoms with van der Waals surface area (Å²) in [4.78, 5) is 37.8. The summed E-state index contributed by atoms with van der Waals surface area (Å²) in [7, 11) is 0. The second-order valence-electron chi connectivity index (χ2n) is 9.13. The van der Waals surface area contributed by atoms with Crippen molar-refractivity contribution in [1.29, 1.82) is 0 Å². The molecular weight excluding hydrogens is 420 g/mol. The number of aliphatic carboxylic acids is 1. The van der Waals surface area contributed by atoms with E-state index < -0.39 is 12.1 Å². The van der Waals surface area contributed by atoms with Gasteiger partial charge in [-0.15, -0.1) is 0 Å². The quantitative estimate of drug-likeness (QED) is 0.664. The van der Waals surface area contributed by atoms with Gasteiger partial charge in [-0.3, -0.25) is 9.59 Å². The van der Waals surface area contributed by atoms with Crippen LogP contribution < -0.4 is 5.32 Å². The van der Waals surface area contributed by atoms with Crippen molar-refractivity contribution < 1.29 is 24.2 Å². The van der Waals surface area contributed by atoms with Crippen LogP contribution in [0.1, 0.15) is 50.2 Å². The molecular formula is C26H30N2O5. The number of ether oxygens (including phenoxy) is 1. The number of carboxylic acids is 1. The van der Waals surface area contributed by atoms with Gasteiger partial charge in [-0.05, 0) is 55.4 Å². The molecule has 4 rings (SSSR count). The highest BCUT2D eigenvalue weighted by Crippen LogP contribution is 2.44. The standard InChI is InChI=1S/C26H30N2O5/c1-16(2)28(14-24(29)30)25(31)17-11-12-18(13-17)27-26(32)33-15-23-21-9-5-3-7-19(21)20-8-4-6-10-22(20)23/h3-10,16-18,23H,11-15H2,1-2H3,(H,27,32)(H,29,30)/t17-,18+/m0/s1. The second kappa shape index (κ2) is 9.65. The number of hydrogen-bond acceptors (Lipinski definition) is 4. The van der Waals surface area contributed by atoms with Gasteiger partial charge in [-0.1, -0.05) is 48.5 Å². The lowest BCUT2D eigenvalue weighted by molar-refractivity contribution is -0.147. The molecule has 2 atom stereocenters. The molecule has 2 N–H and O–H groups in total. The average Bonchev–Trinajstić information content (AvgIpc) is 3.38. The number of alkyl carbamates (subject to hydrolysis) is 1. The SMILES string of the molecule is CC(C)N(CC(=O)O)C(=O)[C@H]1CC[C@@H](NC(=O)OCC2c3ccccc3-c3ccccc32)C1. The predicted molar refractivity (Wildman–Crippen MR) is 124 cm³/mol. The van der Waals surface area contributed by atoms with E-state index in [2.05, 4.69) is 29.6 Å². The minimum atomic E-state index is -1.02. The maximum Gasteiger partial charge on any atom is 0.407 e. The molecule has 174 valence electrons. The van der Waals surface area contributed by atoms with Crippen LogP contribution in [0.5, 0.6) is 0 Å². The van der Waals surface area contributed by atoms with Gasteiger partial charge in [-0.2, -0.15) is 0 Å². The fourth-order valence-electron chi connectivity index (χ4n) is 5.04. The van der Waals surface area contributed by atoms with Crippen molar-refractivity contribution in [1.82, 2.24) is 10.2 Å². The molecule has 2 aromatic rings. The van der Waals surface area contributed by atoms with Crippen LogP contribution in [-0.2, 0) is 14.3 Å². The first-order chi connectivity index (χ1) is 15.8. The number of amides is 2. The number of rotatable bonds is 7. The van der Waals surface area contributed by atoms with Gasteiger partial charge < -0.3 is 20.1 Å². The van der Waals surface area contributed by atoms with Gasteiger partial charge in [0.25, 0.3) is 0 Å². The van der Waals surface area contributed by atoms with E-state index in [9.17, 15) is 14.4 Å². The average molecular weight is 451 g/mol. The third-order valence-electron chi connectivity index (χ3n) is 6.66. The summed E-state index contributed by atoms with van der Waals surface area (Å²) in [6, 6.07) is 16.0. The zero-order chi connectivity index (χ0) is 23.5. The van der Waals surface area contributed by atoms with Crippen LogP contribution in [-0.4, -0.2) is 53.2 Å². The van der Waals surface area contributed by atoms with E-state index in [0.29, 0.717) is 19.3 Å². The minimum Gasteiger partial charge on any atom is -0.480 e. The van der Waals surface area contributed by atoms with E-state index in [0.717, 1.165) is 11.1 Å². The molecule has 0 heterocycles. The van der Waals surface area contributed by atoms with Crippen LogP contribution in [0.3, 0.4) is 0 Å². The van der Waals surface area contributed by atoms with Crippen LogP contribution in [0.4, 0.5) is 4.79 Å². The highest BCUT2D eigenvalue weighted by atomic mass is 16.5. The van der Waals surface area contributed by atoms with Crippen molar-refractivity contribution >= 4 is 18.0 Å². The van der Waals surface area contributed by atoms with Gasteiger partial charge in [0.05, 0.1) is 0 Å². The van der Waals surface area contributed by atoms with Gasteiger partial charge in [-0.25, -0.2) is 4.79 Å². The zero-order valence-corrected chi connectivity index (χ0v) is 19.0. The maximum atomic E-state index is 12.8. The molecule has 2 aliphatic carbocycles. The van der Waals surface area contributed by atoms with Gasteiger partial charge in [0.1, 0.15) is 13.2 Å². The van der Waals surface area contributed by atoms with Gasteiger partial charge in [0, 0.05) is 23.9 Å². The normalized spacial score (nSPS) is 19.1. The van der Waals surface area contributed by atoms with Gasteiger partial charge in [0.2, 0.25) is 5.91 Å². The minimum absolute atomic E-state index is 0.00308. The zero-order valence-electron chi connectivity index (χ0n) is 19.0. The first-order valence-electron chi connectivity index (χ1n) is 11.5. The third kappa shape index (κ3) is 4.87. The molecule has 0 spiro atoms. The Morgan fingerprint density at radius 2 is 1.64 bits per heavy atom. The summed E-state index contributed by atoms with van der Waals surface area (Å²) in [6.45, 7) is 3.55. The molecule has 0 saturated heterocycles. The Morgan fingerprint density at radius 3 is 2.21 bits per heavy atom. The molecule has 7 nitrogen and oxygen atoms in total. The molecule has 2 amide bonds. The Labute approximate surface area is 193 Å². The van der Waals surface area contributed by atoms with Gasteiger partial charge >= 0.3 is 12.1 Å². The summed E-state index contributed by atoms with van der Waals surface area (Å²) >= 11 is 0. The lowest BCUT2D eigenvalue weighted by Gasteiger charge is -2.27. The number of nitrogens with zero attached hydrogens (tertiary/aromatic N) is 1. The molecule has 0 radical (unpaired) electrons. The highest BCUT2D eigenvalue weighted by Gasteiger charge is 2.35. The molecule has 0 bridgehead atoms. The van der Waals surface area contributed by atoms with Crippen LogP contribution in [0.15, 0.2) is 48.5 Å². The third-order valence-corrected chi connectivity index (χ3v) is 6.66. The van der Waals surface area contributed by atoms with Crippen molar-refractivity contribution in [2.45, 2.75) is 51.1 Å². The topological polar surface area (TPSA) is 95.9 Å². The Balaban J connectivity index is 1.32. The van der Waals surface area contributed by atoms with E-state index >= 15 is 0 Å². The molecule has 2 aromatic carbocycles. The van der Waals surface area contributed by atoms with Crippen molar-refractivity contribution in [3.05, 3.63) is 59.7 Å². The number of carbonyl (C=O) groups is 3. The predicted octanol–water partition coefficient (Wildman–Crippen LogP) is 4.02. The molecule has 33 heavy (non-hydrogen) atoms. The molecule has 0 aromatic heterocycles. The van der Waals surface area contributed by atoms with E-state index in [1.165, 1.54) is 16.0 Å². The highest BCUT2D eigenvalue weighted by molar-refractivity contribution is 5.84. The lowest BCUT2D eigenvalue weighted by Crippen LogP contribution is -2.44. The number of carbonyl (C=O) groups excluding carboxylic acids is 2. The second-order valence-corrected chi connectivity index (χ2v) is 9.13. The lowest BCUT2D eigenvalue weighted by atomic mass is 9.98. The summed E-state index contributed by atoms with van der Waals surface area (Å²) < 4.78 is 5.61. The first-order valence-corrected chi connectivity index (χ1v) is 11.5. The summed E-state index contributed by atoms with van der Waals surface area (Å²) in [5, 5.41) is 12.0. The van der Waals surface area contributed by atoms with E-state index in [-0.39, 0.29) is 43.0 Å². The Kier molecular flexibility index (Phi) is 6.67. The molecule has 2 aliphatic rings. The summed E-state index contributed by atoms with van der Waals surface area (Å²) in [5.74, 6) is -1.48. The van der Waals surface area contributed by atoms with Crippen molar-refractivity contribution in [3.63, 3.8) is 0 Å². The number of hydrogen-bond donors (Lipinski definition) is 2. The van der Waals surface area contributed by atoms with Crippen LogP contribution >= 0.6 is 0 Å². The van der Waals surface area contributed by atoms with Crippen molar-refractivity contribution in [3.8, 4) is 11.1 Å². The molecule has 7 heteroatoms. The largest absolute Gasteiger partial charge is 0.480 e. The number of carboxylic acid groups (broad SMARTS) is 1. The molecule has 1 saturated carbocycles. The maximum absolute atomic E-state index is 12.8. The fourth-order valence-corrected chi connectivity index (χ4v) is 5.04.